The second-order valence-corrected chi connectivity index (χ2v) is 2.12. The van der Waals surface area contributed by atoms with Crippen molar-refractivity contribution >= 4 is 0 Å². The fourth-order valence-electron chi connectivity index (χ4n) is 0.797. The van der Waals surface area contributed by atoms with Gasteiger partial charge in [0, 0.05) is 18.9 Å². The Balaban J connectivity index is 2.04. The average molecular weight is 156 g/mol. The lowest BCUT2D eigenvalue weighted by atomic mass is 10.4. The molecule has 0 saturated heterocycles. The minimum absolute atomic E-state index is 0.606. The van der Waals surface area contributed by atoms with Gasteiger partial charge in [-0.05, 0) is 6.42 Å². The number of nitrogens with zero attached hydrogens (tertiary/aromatic N) is 2. The molecule has 0 saturated carbocycles. The lowest BCUT2D eigenvalue weighted by Crippen LogP contribution is -2.23. The van der Waals surface area contributed by atoms with Gasteiger partial charge < -0.3 is 4.57 Å². The first-order chi connectivity index (χ1) is 5.43. The fourth-order valence-corrected chi connectivity index (χ4v) is 0.797. The monoisotopic (exact) mass is 156 g/mol. The summed E-state index contributed by atoms with van der Waals surface area (Å²) >= 11 is 0. The van der Waals surface area contributed by atoms with Crippen molar-refractivity contribution < 1.29 is 4.84 Å². The Morgan fingerprint density at radius 2 is 2.55 bits per heavy atom. The Kier molecular flexibility index (Phi) is 3.60. The van der Waals surface area contributed by atoms with Crippen LogP contribution in [-0.2, 0) is 11.4 Å². The number of aryl methyl sites for hydroxylation is 1. The van der Waals surface area contributed by atoms with Crippen LogP contribution in [0.15, 0.2) is 18.7 Å². The lowest BCUT2D eigenvalue weighted by molar-refractivity contribution is 0.0378. The fraction of sp³-hybridized carbons (Fsp3) is 0.500. The van der Waals surface area contributed by atoms with E-state index in [1.807, 2.05) is 10.8 Å². The van der Waals surface area contributed by atoms with Gasteiger partial charge in [0.15, 0.2) is 0 Å². The summed E-state index contributed by atoms with van der Waals surface area (Å²) in [5.41, 5.74) is 2.12. The van der Waals surface area contributed by atoms with E-state index in [9.17, 15) is 0 Å². The maximum absolute atomic E-state index is 4.90. The van der Waals surface area contributed by atoms with Gasteiger partial charge in [-0.3, -0.25) is 4.84 Å². The largest absolute Gasteiger partial charge is 0.337 e. The van der Waals surface area contributed by atoms with Crippen molar-refractivity contribution in [3.8, 4) is 0 Å². The minimum Gasteiger partial charge on any atom is -0.337 e. The highest BCUT2D eigenvalue weighted by Crippen LogP contribution is 1.89. The van der Waals surface area contributed by atoms with Gasteiger partial charge in [0.1, 0.15) is 0 Å². The van der Waals surface area contributed by atoms with E-state index in [1.165, 1.54) is 0 Å². The molecule has 0 aromatic carbocycles. The number of aromatic nitrogens is 2. The van der Waals surface area contributed by atoms with Crippen molar-refractivity contribution in [1.29, 1.82) is 0 Å². The predicted octanol–water partition coefficient (Wildman–Crippen LogP) is -0.332. The summed E-state index contributed by atoms with van der Waals surface area (Å²) in [6.07, 6.45) is 6.36. The van der Waals surface area contributed by atoms with E-state index < -0.39 is 0 Å². The number of hydrogen-bond acceptors (Lipinski definition) is 4. The van der Waals surface area contributed by atoms with Gasteiger partial charge in [0.25, 0.3) is 0 Å². The third-order valence-electron chi connectivity index (χ3n) is 1.31. The van der Waals surface area contributed by atoms with Crippen LogP contribution in [0.3, 0.4) is 0 Å². The highest BCUT2D eigenvalue weighted by Gasteiger charge is 1.89. The van der Waals surface area contributed by atoms with E-state index in [2.05, 4.69) is 10.6 Å². The van der Waals surface area contributed by atoms with E-state index in [-0.39, 0.29) is 0 Å². The predicted molar refractivity (Wildman–Crippen MR) is 40.1 cm³/mol. The molecule has 1 heterocycles. The molecule has 5 nitrogen and oxygen atoms in total. The van der Waals surface area contributed by atoms with Crippen molar-refractivity contribution in [3.63, 3.8) is 0 Å². The second kappa shape index (κ2) is 4.84. The molecule has 5 heteroatoms. The standard InChI is InChI=1S/C6H12N4O/c7-9-11-5-1-3-10-4-2-8-6-10/h2,4,6,9H,1,3,5,7H2. The summed E-state index contributed by atoms with van der Waals surface area (Å²) < 4.78 is 1.99. The van der Waals surface area contributed by atoms with E-state index in [4.69, 9.17) is 10.7 Å². The maximum Gasteiger partial charge on any atom is 0.0945 e. The smallest absolute Gasteiger partial charge is 0.0945 e. The van der Waals surface area contributed by atoms with Crippen LogP contribution in [0.2, 0.25) is 0 Å². The molecular weight excluding hydrogens is 144 g/mol. The van der Waals surface area contributed by atoms with Gasteiger partial charge in [-0.15, -0.1) is 5.59 Å². The van der Waals surface area contributed by atoms with Gasteiger partial charge in [0.2, 0.25) is 0 Å². The molecule has 3 N–H and O–H groups in total. The topological polar surface area (TPSA) is 65.1 Å². The van der Waals surface area contributed by atoms with Crippen molar-refractivity contribution in [2.45, 2.75) is 13.0 Å². The Bertz CT molecular complexity index is 175. The van der Waals surface area contributed by atoms with Crippen molar-refractivity contribution in [3.05, 3.63) is 18.7 Å². The normalized spacial score (nSPS) is 10.3. The maximum atomic E-state index is 4.90. The molecule has 0 radical (unpaired) electrons. The van der Waals surface area contributed by atoms with Crippen LogP contribution in [0.4, 0.5) is 0 Å². The summed E-state index contributed by atoms with van der Waals surface area (Å²) in [7, 11) is 0. The molecule has 0 aliphatic carbocycles. The van der Waals surface area contributed by atoms with Crippen LogP contribution in [0.5, 0.6) is 0 Å². The van der Waals surface area contributed by atoms with E-state index in [1.54, 1.807) is 12.5 Å². The summed E-state index contributed by atoms with van der Waals surface area (Å²) in [5, 5.41) is 0. The Labute approximate surface area is 65.1 Å². The van der Waals surface area contributed by atoms with Crippen LogP contribution in [-0.4, -0.2) is 16.2 Å². The van der Waals surface area contributed by atoms with E-state index in [0.717, 1.165) is 13.0 Å². The molecule has 1 aromatic rings. The molecular formula is C6H12N4O. The van der Waals surface area contributed by atoms with Crippen LogP contribution in [0.25, 0.3) is 0 Å². The lowest BCUT2D eigenvalue weighted by Gasteiger charge is -2.01. The van der Waals surface area contributed by atoms with Gasteiger partial charge in [-0.2, -0.15) is 0 Å². The number of rotatable bonds is 5. The number of hydrazine groups is 1. The molecule has 62 valence electrons. The minimum atomic E-state index is 0.606. The third-order valence-corrected chi connectivity index (χ3v) is 1.31. The van der Waals surface area contributed by atoms with Crippen LogP contribution in [0.1, 0.15) is 6.42 Å². The van der Waals surface area contributed by atoms with Crippen LogP contribution < -0.4 is 11.4 Å². The molecule has 0 amide bonds. The molecule has 1 rings (SSSR count). The first kappa shape index (κ1) is 8.19. The van der Waals surface area contributed by atoms with Gasteiger partial charge in [0.05, 0.1) is 12.9 Å². The van der Waals surface area contributed by atoms with Gasteiger partial charge in [-0.1, -0.05) is 0 Å². The molecule has 0 aliphatic rings. The number of nitrogens with one attached hydrogen (secondary N) is 1. The quantitative estimate of drug-likeness (QED) is 0.348. The van der Waals surface area contributed by atoms with Crippen LogP contribution in [0, 0.1) is 0 Å². The Morgan fingerprint density at radius 3 is 3.18 bits per heavy atom. The van der Waals surface area contributed by atoms with Gasteiger partial charge in [-0.25, -0.2) is 10.8 Å². The zero-order valence-corrected chi connectivity index (χ0v) is 6.23. The number of hydrogen-bond donors (Lipinski definition) is 2. The first-order valence-electron chi connectivity index (χ1n) is 3.46. The first-order valence-corrected chi connectivity index (χ1v) is 3.46. The molecule has 0 spiro atoms. The molecule has 0 aliphatic heterocycles. The molecule has 0 fully saturated rings. The summed E-state index contributed by atoms with van der Waals surface area (Å²) in [6, 6.07) is 0. The highest BCUT2D eigenvalue weighted by molar-refractivity contribution is 4.73. The van der Waals surface area contributed by atoms with Crippen molar-refractivity contribution in [2.24, 2.45) is 5.84 Å². The Morgan fingerprint density at radius 1 is 1.64 bits per heavy atom. The zero-order valence-electron chi connectivity index (χ0n) is 6.23. The molecule has 11 heavy (non-hydrogen) atoms. The number of imidazole rings is 1. The average Bonchev–Trinajstić information content (AvgIpc) is 2.50. The second-order valence-electron chi connectivity index (χ2n) is 2.12. The molecule has 0 unspecified atom stereocenters. The van der Waals surface area contributed by atoms with Gasteiger partial charge >= 0.3 is 0 Å². The molecule has 0 bridgehead atoms. The summed E-state index contributed by atoms with van der Waals surface area (Å²) in [5.74, 6) is 4.90. The molecule has 0 atom stereocenters. The molecule has 1 aromatic heterocycles. The van der Waals surface area contributed by atoms with E-state index in [0.29, 0.717) is 6.61 Å². The summed E-state index contributed by atoms with van der Waals surface area (Å²) in [6.45, 7) is 1.51. The SMILES string of the molecule is NNOCCCn1ccnc1. The van der Waals surface area contributed by atoms with E-state index >= 15 is 0 Å². The third kappa shape index (κ3) is 3.13. The van der Waals surface area contributed by atoms with Crippen molar-refractivity contribution in [1.82, 2.24) is 15.1 Å². The Hall–Kier alpha value is -0.910. The zero-order chi connectivity index (χ0) is 7.94. The number of nitrogens with two attached hydrogens (primary N) is 1. The van der Waals surface area contributed by atoms with Crippen LogP contribution >= 0.6 is 0 Å². The summed E-state index contributed by atoms with van der Waals surface area (Å²) in [4.78, 5) is 8.63. The highest BCUT2D eigenvalue weighted by atomic mass is 16.7. The van der Waals surface area contributed by atoms with Crippen molar-refractivity contribution in [2.75, 3.05) is 6.61 Å².